The molecule has 4 rings (SSSR count). The van der Waals surface area contributed by atoms with Crippen LogP contribution in [0.2, 0.25) is 0 Å². The number of aromatic nitrogens is 4. The van der Waals surface area contributed by atoms with Gasteiger partial charge in [-0.3, -0.25) is 4.79 Å². The number of rotatable bonds is 5. The molecule has 0 atom stereocenters. The van der Waals surface area contributed by atoms with Crippen LogP contribution in [-0.2, 0) is 4.79 Å². The first kappa shape index (κ1) is 17.2. The first-order valence-electron chi connectivity index (χ1n) is 9.20. The quantitative estimate of drug-likeness (QED) is 0.742. The first-order valence-corrected chi connectivity index (χ1v) is 9.20. The second kappa shape index (κ2) is 7.99. The lowest BCUT2D eigenvalue weighted by atomic mass is 9.88. The lowest BCUT2D eigenvalue weighted by Gasteiger charge is -2.20. The Morgan fingerprint density at radius 1 is 1.04 bits per heavy atom. The van der Waals surface area contributed by atoms with Gasteiger partial charge in [-0.05, 0) is 49.2 Å². The molecule has 0 radical (unpaired) electrons. The lowest BCUT2D eigenvalue weighted by molar-refractivity contribution is -0.120. The van der Waals surface area contributed by atoms with Gasteiger partial charge in [-0.25, -0.2) is 4.68 Å². The van der Waals surface area contributed by atoms with Crippen molar-refractivity contribution in [1.82, 2.24) is 20.0 Å². The van der Waals surface area contributed by atoms with E-state index in [9.17, 15) is 4.79 Å². The van der Waals surface area contributed by atoms with E-state index in [-0.39, 0.29) is 11.8 Å². The van der Waals surface area contributed by atoms with Crippen LogP contribution in [0.5, 0.6) is 11.6 Å². The SMILES string of the molecule is O=C(Nc1ccc(Oc2ccc(-n3cccn3)nn2)cc1)C1CCCCC1. The summed E-state index contributed by atoms with van der Waals surface area (Å²) in [5.41, 5.74) is 0.776. The van der Waals surface area contributed by atoms with Gasteiger partial charge in [-0.2, -0.15) is 5.10 Å². The van der Waals surface area contributed by atoms with E-state index in [2.05, 4.69) is 20.6 Å². The largest absolute Gasteiger partial charge is 0.438 e. The van der Waals surface area contributed by atoms with Gasteiger partial charge in [-0.1, -0.05) is 19.3 Å². The summed E-state index contributed by atoms with van der Waals surface area (Å²) in [7, 11) is 0. The molecule has 27 heavy (non-hydrogen) atoms. The van der Waals surface area contributed by atoms with Gasteiger partial charge in [0, 0.05) is 30.1 Å². The normalized spacial score (nSPS) is 14.7. The molecule has 2 heterocycles. The molecule has 0 spiro atoms. The predicted octanol–water partition coefficient (Wildman–Crippen LogP) is 3.97. The molecule has 7 nitrogen and oxygen atoms in total. The Balaban J connectivity index is 1.35. The van der Waals surface area contributed by atoms with Crippen molar-refractivity contribution in [2.24, 2.45) is 5.92 Å². The summed E-state index contributed by atoms with van der Waals surface area (Å²) < 4.78 is 7.34. The third-order valence-corrected chi connectivity index (χ3v) is 4.69. The second-order valence-electron chi connectivity index (χ2n) is 6.63. The van der Waals surface area contributed by atoms with E-state index < -0.39 is 0 Å². The maximum absolute atomic E-state index is 12.3. The van der Waals surface area contributed by atoms with E-state index in [1.54, 1.807) is 41.3 Å². The number of anilines is 1. The van der Waals surface area contributed by atoms with Gasteiger partial charge >= 0.3 is 0 Å². The number of nitrogens with zero attached hydrogens (tertiary/aromatic N) is 4. The molecule has 1 aliphatic rings. The van der Waals surface area contributed by atoms with Crippen molar-refractivity contribution in [2.75, 3.05) is 5.32 Å². The molecule has 7 heteroatoms. The van der Waals surface area contributed by atoms with Gasteiger partial charge in [0.1, 0.15) is 5.75 Å². The van der Waals surface area contributed by atoms with Crippen molar-refractivity contribution in [3.05, 3.63) is 54.9 Å². The van der Waals surface area contributed by atoms with Crippen molar-refractivity contribution in [2.45, 2.75) is 32.1 Å². The molecule has 0 saturated heterocycles. The van der Waals surface area contributed by atoms with Crippen LogP contribution in [0.3, 0.4) is 0 Å². The van der Waals surface area contributed by atoms with Gasteiger partial charge in [0.15, 0.2) is 5.82 Å². The summed E-state index contributed by atoms with van der Waals surface area (Å²) in [6.07, 6.45) is 8.98. The summed E-state index contributed by atoms with van der Waals surface area (Å²) in [6.45, 7) is 0. The van der Waals surface area contributed by atoms with E-state index in [4.69, 9.17) is 4.74 Å². The molecular weight excluding hydrogens is 342 g/mol. The molecule has 1 aliphatic carbocycles. The average Bonchev–Trinajstić information content (AvgIpc) is 3.26. The van der Waals surface area contributed by atoms with Crippen LogP contribution in [0.4, 0.5) is 5.69 Å². The lowest BCUT2D eigenvalue weighted by Crippen LogP contribution is -2.24. The molecule has 1 fully saturated rings. The van der Waals surface area contributed by atoms with E-state index in [1.807, 2.05) is 18.2 Å². The molecule has 138 valence electrons. The maximum atomic E-state index is 12.3. The summed E-state index contributed by atoms with van der Waals surface area (Å²) in [4.78, 5) is 12.3. The standard InChI is InChI=1S/C20H21N5O2/c26-20(15-5-2-1-3-6-15)22-16-7-9-17(10-8-16)27-19-12-11-18(23-24-19)25-14-4-13-21-25/h4,7-15H,1-3,5-6H2,(H,22,26). The zero-order chi connectivity index (χ0) is 18.5. The number of ether oxygens (including phenoxy) is 1. The number of amides is 1. The number of carbonyl (C=O) groups is 1. The van der Waals surface area contributed by atoms with Crippen LogP contribution in [0.25, 0.3) is 5.82 Å². The van der Waals surface area contributed by atoms with Crippen LogP contribution in [-0.4, -0.2) is 25.9 Å². The smallest absolute Gasteiger partial charge is 0.238 e. The van der Waals surface area contributed by atoms with Crippen LogP contribution in [0, 0.1) is 5.92 Å². The topological polar surface area (TPSA) is 81.9 Å². The summed E-state index contributed by atoms with van der Waals surface area (Å²) >= 11 is 0. The highest BCUT2D eigenvalue weighted by Gasteiger charge is 2.20. The summed E-state index contributed by atoms with van der Waals surface area (Å²) in [5.74, 6) is 1.89. The number of hydrogen-bond acceptors (Lipinski definition) is 5. The Bertz CT molecular complexity index is 870. The van der Waals surface area contributed by atoms with Crippen molar-refractivity contribution >= 4 is 11.6 Å². The Morgan fingerprint density at radius 3 is 2.52 bits per heavy atom. The van der Waals surface area contributed by atoms with Crippen molar-refractivity contribution < 1.29 is 9.53 Å². The molecule has 2 aromatic heterocycles. The highest BCUT2D eigenvalue weighted by molar-refractivity contribution is 5.92. The Morgan fingerprint density at radius 2 is 1.85 bits per heavy atom. The molecule has 0 bridgehead atoms. The Labute approximate surface area is 157 Å². The third kappa shape index (κ3) is 4.31. The van der Waals surface area contributed by atoms with E-state index in [0.717, 1.165) is 31.4 Å². The zero-order valence-corrected chi connectivity index (χ0v) is 14.9. The molecule has 0 unspecified atom stereocenters. The van der Waals surface area contributed by atoms with Gasteiger partial charge in [0.25, 0.3) is 0 Å². The van der Waals surface area contributed by atoms with E-state index in [1.165, 1.54) is 6.42 Å². The predicted molar refractivity (Wildman–Crippen MR) is 101 cm³/mol. The minimum Gasteiger partial charge on any atom is -0.438 e. The molecule has 3 aromatic rings. The van der Waals surface area contributed by atoms with Crippen LogP contribution in [0.15, 0.2) is 54.9 Å². The molecule has 1 amide bonds. The summed E-state index contributed by atoms with van der Waals surface area (Å²) in [5, 5.41) is 15.3. The minimum absolute atomic E-state index is 0.114. The monoisotopic (exact) mass is 363 g/mol. The first-order chi connectivity index (χ1) is 13.3. The second-order valence-corrected chi connectivity index (χ2v) is 6.63. The number of hydrogen-bond donors (Lipinski definition) is 1. The van der Waals surface area contributed by atoms with Crippen molar-refractivity contribution in [3.8, 4) is 17.4 Å². The molecule has 1 aromatic carbocycles. The number of nitrogens with one attached hydrogen (secondary N) is 1. The Kier molecular flexibility index (Phi) is 5.09. The highest BCUT2D eigenvalue weighted by Crippen LogP contribution is 2.26. The van der Waals surface area contributed by atoms with Crippen LogP contribution in [0.1, 0.15) is 32.1 Å². The summed E-state index contributed by atoms with van der Waals surface area (Å²) in [6, 6.07) is 12.6. The van der Waals surface area contributed by atoms with Crippen LogP contribution < -0.4 is 10.1 Å². The maximum Gasteiger partial charge on any atom is 0.238 e. The van der Waals surface area contributed by atoms with Crippen molar-refractivity contribution in [3.63, 3.8) is 0 Å². The fourth-order valence-electron chi connectivity index (χ4n) is 3.23. The van der Waals surface area contributed by atoms with Gasteiger partial charge in [0.05, 0.1) is 0 Å². The van der Waals surface area contributed by atoms with E-state index >= 15 is 0 Å². The fourth-order valence-corrected chi connectivity index (χ4v) is 3.23. The minimum atomic E-state index is 0.114. The highest BCUT2D eigenvalue weighted by atomic mass is 16.5. The molecule has 0 aliphatic heterocycles. The molecular formula is C20H21N5O2. The fraction of sp³-hybridized carbons (Fsp3) is 0.300. The van der Waals surface area contributed by atoms with Gasteiger partial charge < -0.3 is 10.1 Å². The number of benzene rings is 1. The molecule has 1 N–H and O–H groups in total. The van der Waals surface area contributed by atoms with Gasteiger partial charge in [0.2, 0.25) is 11.8 Å². The van der Waals surface area contributed by atoms with Crippen LogP contribution >= 0.6 is 0 Å². The van der Waals surface area contributed by atoms with Crippen molar-refractivity contribution in [1.29, 1.82) is 0 Å². The third-order valence-electron chi connectivity index (χ3n) is 4.69. The van der Waals surface area contributed by atoms with Gasteiger partial charge in [-0.15, -0.1) is 10.2 Å². The Hall–Kier alpha value is -3.22. The molecule has 1 saturated carbocycles. The number of carbonyl (C=O) groups excluding carboxylic acids is 1. The van der Waals surface area contributed by atoms with E-state index in [0.29, 0.717) is 17.4 Å². The zero-order valence-electron chi connectivity index (χ0n) is 14.9. The average molecular weight is 363 g/mol.